The molecule has 1 amide bonds. The van der Waals surface area contributed by atoms with Gasteiger partial charge in [-0.15, -0.1) is 0 Å². The van der Waals surface area contributed by atoms with Gasteiger partial charge < -0.3 is 9.47 Å². The standard InChI is InChI=1S/C25H25N3O3S/c1-16-8-10-21(31-4)23-24(16)32-25(27-23)28(15-19-7-5-6-12-26-19)22(29)14-18-9-11-20(30-3)17(2)13-18/h5-13H,14-15H2,1-4H3. The summed E-state index contributed by atoms with van der Waals surface area (Å²) in [5.74, 6) is 1.46. The first-order chi connectivity index (χ1) is 15.5. The number of thiazole rings is 1. The second-order valence-electron chi connectivity index (χ2n) is 7.54. The second kappa shape index (κ2) is 9.36. The highest BCUT2D eigenvalue weighted by Crippen LogP contribution is 2.37. The zero-order chi connectivity index (χ0) is 22.7. The molecule has 2 heterocycles. The molecule has 4 aromatic rings. The van der Waals surface area contributed by atoms with Gasteiger partial charge in [-0.05, 0) is 54.8 Å². The summed E-state index contributed by atoms with van der Waals surface area (Å²) < 4.78 is 11.9. The maximum absolute atomic E-state index is 13.5. The van der Waals surface area contributed by atoms with Gasteiger partial charge in [-0.25, -0.2) is 4.98 Å². The number of fused-ring (bicyclic) bond motifs is 1. The van der Waals surface area contributed by atoms with E-state index in [4.69, 9.17) is 14.5 Å². The van der Waals surface area contributed by atoms with E-state index >= 15 is 0 Å². The van der Waals surface area contributed by atoms with Crippen molar-refractivity contribution in [1.82, 2.24) is 9.97 Å². The van der Waals surface area contributed by atoms with Gasteiger partial charge in [0.25, 0.3) is 0 Å². The van der Waals surface area contributed by atoms with Crippen LogP contribution >= 0.6 is 11.3 Å². The summed E-state index contributed by atoms with van der Waals surface area (Å²) in [4.78, 5) is 24.4. The number of hydrogen-bond donors (Lipinski definition) is 0. The minimum absolute atomic E-state index is 0.0455. The number of aryl methyl sites for hydroxylation is 2. The van der Waals surface area contributed by atoms with Crippen LogP contribution in [0.3, 0.4) is 0 Å². The van der Waals surface area contributed by atoms with Crippen LogP contribution in [0, 0.1) is 13.8 Å². The molecule has 0 aliphatic heterocycles. The SMILES string of the molecule is COc1ccc(CC(=O)N(Cc2ccccn2)c2nc3c(OC)ccc(C)c3s2)cc1C. The molecular weight excluding hydrogens is 422 g/mol. The van der Waals surface area contributed by atoms with Crippen molar-refractivity contribution in [3.63, 3.8) is 0 Å². The third-order valence-corrected chi connectivity index (χ3v) is 6.52. The Kier molecular flexibility index (Phi) is 6.37. The lowest BCUT2D eigenvalue weighted by Crippen LogP contribution is -2.32. The Morgan fingerprint density at radius 1 is 1.00 bits per heavy atom. The highest BCUT2D eigenvalue weighted by atomic mass is 32.1. The first-order valence-electron chi connectivity index (χ1n) is 10.3. The molecule has 0 fully saturated rings. The summed E-state index contributed by atoms with van der Waals surface area (Å²) in [6.45, 7) is 4.35. The quantitative estimate of drug-likeness (QED) is 0.394. The predicted molar refractivity (Wildman–Crippen MR) is 128 cm³/mol. The zero-order valence-corrected chi connectivity index (χ0v) is 19.4. The molecule has 2 aromatic carbocycles. The largest absolute Gasteiger partial charge is 0.496 e. The number of nitrogens with zero attached hydrogens (tertiary/aromatic N) is 3. The van der Waals surface area contributed by atoms with Gasteiger partial charge >= 0.3 is 0 Å². The van der Waals surface area contributed by atoms with Gasteiger partial charge in [-0.2, -0.15) is 0 Å². The molecule has 32 heavy (non-hydrogen) atoms. The maximum Gasteiger partial charge on any atom is 0.233 e. The number of methoxy groups -OCH3 is 2. The van der Waals surface area contributed by atoms with E-state index < -0.39 is 0 Å². The van der Waals surface area contributed by atoms with E-state index in [0.29, 0.717) is 17.4 Å². The van der Waals surface area contributed by atoms with Crippen LogP contribution in [0.5, 0.6) is 11.5 Å². The molecule has 0 saturated carbocycles. The highest BCUT2D eigenvalue weighted by molar-refractivity contribution is 7.22. The molecule has 0 bridgehead atoms. The van der Waals surface area contributed by atoms with Crippen LogP contribution in [0.1, 0.15) is 22.4 Å². The minimum atomic E-state index is -0.0455. The molecule has 164 valence electrons. The van der Waals surface area contributed by atoms with Gasteiger partial charge in [0, 0.05) is 6.20 Å². The van der Waals surface area contributed by atoms with Crippen LogP contribution in [0.25, 0.3) is 10.2 Å². The number of anilines is 1. The summed E-state index contributed by atoms with van der Waals surface area (Å²) in [7, 11) is 3.27. The fourth-order valence-corrected chi connectivity index (χ4v) is 4.68. The first kappa shape index (κ1) is 21.8. The number of carbonyl (C=O) groups is 1. The molecule has 0 spiro atoms. The Balaban J connectivity index is 1.72. The van der Waals surface area contributed by atoms with Crippen molar-refractivity contribution in [3.05, 3.63) is 77.1 Å². The molecule has 0 radical (unpaired) electrons. The van der Waals surface area contributed by atoms with Crippen molar-refractivity contribution in [2.75, 3.05) is 19.1 Å². The van der Waals surface area contributed by atoms with Crippen molar-refractivity contribution in [3.8, 4) is 11.5 Å². The molecular formula is C25H25N3O3S. The van der Waals surface area contributed by atoms with Crippen LogP contribution in [0.15, 0.2) is 54.7 Å². The predicted octanol–water partition coefficient (Wildman–Crippen LogP) is 5.10. The maximum atomic E-state index is 13.5. The van der Waals surface area contributed by atoms with Gasteiger partial charge in [-0.1, -0.05) is 35.6 Å². The highest BCUT2D eigenvalue weighted by Gasteiger charge is 2.23. The third kappa shape index (κ3) is 4.43. The summed E-state index contributed by atoms with van der Waals surface area (Å²) in [5, 5.41) is 0.633. The van der Waals surface area contributed by atoms with Crippen molar-refractivity contribution in [1.29, 1.82) is 0 Å². The van der Waals surface area contributed by atoms with Crippen LogP contribution < -0.4 is 14.4 Å². The topological polar surface area (TPSA) is 64.5 Å². The van der Waals surface area contributed by atoms with Crippen LogP contribution in [0.4, 0.5) is 5.13 Å². The fraction of sp³-hybridized carbons (Fsp3) is 0.240. The summed E-state index contributed by atoms with van der Waals surface area (Å²) in [5.41, 5.74) is 4.59. The number of aromatic nitrogens is 2. The number of carbonyl (C=O) groups excluding carboxylic acids is 1. The van der Waals surface area contributed by atoms with Crippen molar-refractivity contribution >= 4 is 32.6 Å². The lowest BCUT2D eigenvalue weighted by atomic mass is 10.1. The molecule has 0 unspecified atom stereocenters. The normalized spacial score (nSPS) is 10.9. The Labute approximate surface area is 191 Å². The van der Waals surface area contributed by atoms with Crippen molar-refractivity contribution in [2.45, 2.75) is 26.8 Å². The zero-order valence-electron chi connectivity index (χ0n) is 18.6. The summed E-state index contributed by atoms with van der Waals surface area (Å²) in [6.07, 6.45) is 1.99. The van der Waals surface area contributed by atoms with E-state index in [1.54, 1.807) is 25.3 Å². The number of rotatable bonds is 7. The number of amides is 1. The van der Waals surface area contributed by atoms with E-state index in [9.17, 15) is 4.79 Å². The van der Waals surface area contributed by atoms with Crippen molar-refractivity contribution in [2.24, 2.45) is 0 Å². The molecule has 2 aromatic heterocycles. The van der Waals surface area contributed by atoms with Crippen molar-refractivity contribution < 1.29 is 14.3 Å². The molecule has 7 heteroatoms. The monoisotopic (exact) mass is 447 g/mol. The van der Waals surface area contributed by atoms with E-state index in [2.05, 4.69) is 4.98 Å². The molecule has 6 nitrogen and oxygen atoms in total. The van der Waals surface area contributed by atoms with Gasteiger partial charge in [0.2, 0.25) is 5.91 Å². The van der Waals surface area contributed by atoms with Gasteiger partial charge in [0.1, 0.15) is 17.0 Å². The second-order valence-corrected chi connectivity index (χ2v) is 8.52. The molecule has 0 saturated heterocycles. The number of benzene rings is 2. The molecule has 0 N–H and O–H groups in total. The molecule has 0 atom stereocenters. The third-order valence-electron chi connectivity index (χ3n) is 5.30. The first-order valence-corrected chi connectivity index (χ1v) is 11.1. The van der Waals surface area contributed by atoms with E-state index in [-0.39, 0.29) is 12.3 Å². The molecule has 0 aliphatic rings. The Morgan fingerprint density at radius 3 is 2.47 bits per heavy atom. The summed E-state index contributed by atoms with van der Waals surface area (Å²) >= 11 is 1.50. The molecule has 0 aliphatic carbocycles. The Bertz CT molecular complexity index is 1250. The lowest BCUT2D eigenvalue weighted by molar-refractivity contribution is -0.118. The molecule has 4 rings (SSSR count). The lowest BCUT2D eigenvalue weighted by Gasteiger charge is -2.20. The Morgan fingerprint density at radius 2 is 1.78 bits per heavy atom. The Hall–Kier alpha value is -3.45. The number of ether oxygens (including phenoxy) is 2. The van der Waals surface area contributed by atoms with Crippen LogP contribution in [-0.2, 0) is 17.8 Å². The minimum Gasteiger partial charge on any atom is -0.496 e. The van der Waals surface area contributed by atoms with E-state index in [1.165, 1.54) is 11.3 Å². The number of pyridine rings is 1. The van der Waals surface area contributed by atoms with Crippen LogP contribution in [0.2, 0.25) is 0 Å². The summed E-state index contributed by atoms with van der Waals surface area (Å²) in [6, 6.07) is 15.4. The smallest absolute Gasteiger partial charge is 0.233 e. The van der Waals surface area contributed by atoms with Gasteiger partial charge in [-0.3, -0.25) is 14.7 Å². The average Bonchev–Trinajstić information content (AvgIpc) is 3.24. The van der Waals surface area contributed by atoms with Gasteiger partial charge in [0.15, 0.2) is 5.13 Å². The average molecular weight is 448 g/mol. The van der Waals surface area contributed by atoms with Gasteiger partial charge in [0.05, 0.1) is 37.6 Å². The van der Waals surface area contributed by atoms with Crippen LogP contribution in [-0.4, -0.2) is 30.1 Å². The van der Waals surface area contributed by atoms with E-state index in [0.717, 1.165) is 38.4 Å². The van der Waals surface area contributed by atoms with E-state index in [1.807, 2.05) is 62.4 Å². The fourth-order valence-electron chi connectivity index (χ4n) is 3.62. The number of hydrogen-bond acceptors (Lipinski definition) is 6.